The zero-order chi connectivity index (χ0) is 20.3. The lowest BCUT2D eigenvalue weighted by Gasteiger charge is -2.08. The van der Waals surface area contributed by atoms with Crippen LogP contribution in [0.15, 0.2) is 56.6 Å². The van der Waals surface area contributed by atoms with Crippen molar-refractivity contribution >= 4 is 27.2 Å². The zero-order valence-electron chi connectivity index (χ0n) is 15.4. The molecule has 0 saturated heterocycles. The minimum Gasteiger partial charge on any atom is -0.462 e. The lowest BCUT2D eigenvalue weighted by molar-refractivity contribution is 0.0499. The number of ether oxygens (including phenoxy) is 1. The predicted molar refractivity (Wildman–Crippen MR) is 101 cm³/mol. The Labute approximate surface area is 161 Å². The molecule has 28 heavy (non-hydrogen) atoms. The number of fused-ring (bicyclic) bond motifs is 1. The van der Waals surface area contributed by atoms with Gasteiger partial charge in [-0.1, -0.05) is 13.3 Å². The molecular weight excluding hydrogens is 386 g/mol. The van der Waals surface area contributed by atoms with Crippen LogP contribution in [-0.2, 0) is 21.9 Å². The minimum absolute atomic E-state index is 0.0414. The van der Waals surface area contributed by atoms with Crippen molar-refractivity contribution in [3.63, 3.8) is 0 Å². The van der Waals surface area contributed by atoms with Gasteiger partial charge in [0.25, 0.3) is 0 Å². The Hall–Kier alpha value is -3.07. The van der Waals surface area contributed by atoms with E-state index in [0.717, 1.165) is 12.8 Å². The maximum absolute atomic E-state index is 12.5. The van der Waals surface area contributed by atoms with Crippen molar-refractivity contribution < 1.29 is 26.5 Å². The molecule has 0 N–H and O–H groups in total. The first-order valence-electron chi connectivity index (χ1n) is 8.63. The van der Waals surface area contributed by atoms with E-state index in [4.69, 9.17) is 13.3 Å². The molecule has 0 spiro atoms. The quantitative estimate of drug-likeness (QED) is 0.338. The molecule has 3 rings (SSSR count). The van der Waals surface area contributed by atoms with Gasteiger partial charge in [-0.3, -0.25) is 4.57 Å². The van der Waals surface area contributed by atoms with Crippen molar-refractivity contribution in [3.8, 4) is 5.75 Å². The minimum atomic E-state index is -4.15. The number of rotatable bonds is 7. The fraction of sp³-hybridized carbons (Fsp3) is 0.263. The van der Waals surface area contributed by atoms with Crippen LogP contribution in [0.3, 0.4) is 0 Å². The molecular formula is C19H19NO7S. The molecule has 0 aliphatic rings. The highest BCUT2D eigenvalue weighted by Gasteiger charge is 2.19. The van der Waals surface area contributed by atoms with Crippen LogP contribution < -0.4 is 9.94 Å². The molecule has 0 amide bonds. The summed E-state index contributed by atoms with van der Waals surface area (Å²) in [4.78, 5) is 23.3. The number of benzene rings is 2. The third-order valence-corrected chi connectivity index (χ3v) is 5.32. The first-order chi connectivity index (χ1) is 13.3. The molecule has 0 radical (unpaired) electrons. The van der Waals surface area contributed by atoms with E-state index in [0.29, 0.717) is 17.7 Å². The number of oxazole rings is 1. The second-order valence-corrected chi connectivity index (χ2v) is 7.65. The van der Waals surface area contributed by atoms with Gasteiger partial charge in [0.15, 0.2) is 5.58 Å². The lowest BCUT2D eigenvalue weighted by atomic mass is 10.2. The van der Waals surface area contributed by atoms with Crippen LogP contribution in [0, 0.1) is 0 Å². The van der Waals surface area contributed by atoms with Crippen LogP contribution in [0.2, 0.25) is 0 Å². The highest BCUT2D eigenvalue weighted by molar-refractivity contribution is 7.87. The van der Waals surface area contributed by atoms with Crippen molar-refractivity contribution in [1.82, 2.24) is 4.57 Å². The molecule has 2 aromatic carbocycles. The third kappa shape index (κ3) is 4.09. The van der Waals surface area contributed by atoms with Crippen LogP contribution >= 0.6 is 0 Å². The molecule has 0 unspecified atom stereocenters. The Kier molecular flexibility index (Phi) is 5.55. The highest BCUT2D eigenvalue weighted by Crippen LogP contribution is 2.22. The Bertz CT molecular complexity index is 1160. The van der Waals surface area contributed by atoms with E-state index in [1.165, 1.54) is 54.1 Å². The summed E-state index contributed by atoms with van der Waals surface area (Å²) in [5, 5.41) is 0. The van der Waals surface area contributed by atoms with Crippen LogP contribution in [0.1, 0.15) is 30.1 Å². The van der Waals surface area contributed by atoms with Gasteiger partial charge in [0.05, 0.1) is 17.7 Å². The number of nitrogens with zero attached hydrogens (tertiary/aromatic N) is 1. The summed E-state index contributed by atoms with van der Waals surface area (Å²) in [5.74, 6) is -1.03. The van der Waals surface area contributed by atoms with Crippen molar-refractivity contribution in [2.45, 2.75) is 24.7 Å². The fourth-order valence-electron chi connectivity index (χ4n) is 2.48. The Morgan fingerprint density at radius 1 is 1.14 bits per heavy atom. The maximum Gasteiger partial charge on any atom is 0.419 e. The standard InChI is InChI=1S/C19H19NO7S/c1-3-4-11-25-18(21)13-5-7-14(8-6-13)27-28(23,24)15-9-10-16-17(12-15)26-19(22)20(16)2/h5-10,12H,3-4,11H2,1-2H3. The van der Waals surface area contributed by atoms with E-state index in [1.807, 2.05) is 6.92 Å². The number of aryl methyl sites for hydroxylation is 1. The number of hydrogen-bond acceptors (Lipinski definition) is 7. The summed E-state index contributed by atoms with van der Waals surface area (Å²) in [7, 11) is -2.63. The second-order valence-electron chi connectivity index (χ2n) is 6.11. The van der Waals surface area contributed by atoms with Crippen molar-refractivity contribution in [2.24, 2.45) is 7.05 Å². The summed E-state index contributed by atoms with van der Waals surface area (Å²) < 4.78 is 41.4. The number of esters is 1. The molecule has 0 bridgehead atoms. The molecule has 8 nitrogen and oxygen atoms in total. The van der Waals surface area contributed by atoms with E-state index in [2.05, 4.69) is 0 Å². The van der Waals surface area contributed by atoms with Gasteiger partial charge in [-0.15, -0.1) is 0 Å². The number of carbonyl (C=O) groups is 1. The maximum atomic E-state index is 12.5. The SMILES string of the molecule is CCCCOC(=O)c1ccc(OS(=O)(=O)c2ccc3c(c2)oc(=O)n3C)cc1. The average molecular weight is 405 g/mol. The summed E-state index contributed by atoms with van der Waals surface area (Å²) in [5.41, 5.74) is 0.908. The first-order valence-corrected chi connectivity index (χ1v) is 10.0. The Morgan fingerprint density at radius 3 is 2.54 bits per heavy atom. The molecule has 0 atom stereocenters. The second kappa shape index (κ2) is 7.89. The zero-order valence-corrected chi connectivity index (χ0v) is 16.2. The monoisotopic (exact) mass is 405 g/mol. The largest absolute Gasteiger partial charge is 0.462 e. The highest BCUT2D eigenvalue weighted by atomic mass is 32.2. The van der Waals surface area contributed by atoms with Crippen LogP contribution in [-0.4, -0.2) is 25.6 Å². The molecule has 3 aromatic rings. The Balaban J connectivity index is 1.77. The smallest absolute Gasteiger partial charge is 0.419 e. The number of unbranched alkanes of at least 4 members (excludes halogenated alkanes) is 1. The van der Waals surface area contributed by atoms with E-state index >= 15 is 0 Å². The summed E-state index contributed by atoms with van der Waals surface area (Å²) >= 11 is 0. The van der Waals surface area contributed by atoms with Gasteiger partial charge in [0, 0.05) is 13.1 Å². The summed E-state index contributed by atoms with van der Waals surface area (Å²) in [6, 6.07) is 9.62. The molecule has 0 aliphatic carbocycles. The molecule has 9 heteroatoms. The number of aromatic nitrogens is 1. The van der Waals surface area contributed by atoms with Crippen molar-refractivity contribution in [2.75, 3.05) is 6.61 Å². The number of carbonyl (C=O) groups excluding carboxylic acids is 1. The van der Waals surface area contributed by atoms with Gasteiger partial charge in [-0.2, -0.15) is 8.42 Å². The van der Waals surface area contributed by atoms with E-state index in [1.54, 1.807) is 0 Å². The van der Waals surface area contributed by atoms with E-state index in [-0.39, 0.29) is 16.2 Å². The molecule has 148 valence electrons. The van der Waals surface area contributed by atoms with E-state index < -0.39 is 21.8 Å². The normalized spacial score (nSPS) is 11.5. The van der Waals surface area contributed by atoms with Crippen LogP contribution in [0.4, 0.5) is 0 Å². The fourth-order valence-corrected chi connectivity index (χ4v) is 3.43. The van der Waals surface area contributed by atoms with Gasteiger partial charge >= 0.3 is 21.8 Å². The topological polar surface area (TPSA) is 105 Å². The summed E-state index contributed by atoms with van der Waals surface area (Å²) in [6.07, 6.45) is 1.69. The van der Waals surface area contributed by atoms with Gasteiger partial charge in [-0.25, -0.2) is 9.59 Å². The van der Waals surface area contributed by atoms with Crippen LogP contribution in [0.5, 0.6) is 5.75 Å². The first kappa shape index (κ1) is 19.7. The molecule has 1 heterocycles. The van der Waals surface area contributed by atoms with E-state index in [9.17, 15) is 18.0 Å². The van der Waals surface area contributed by atoms with Gasteiger partial charge in [0.2, 0.25) is 0 Å². The summed E-state index contributed by atoms with van der Waals surface area (Å²) in [6.45, 7) is 2.32. The van der Waals surface area contributed by atoms with Gasteiger partial charge in [0.1, 0.15) is 10.6 Å². The van der Waals surface area contributed by atoms with Crippen molar-refractivity contribution in [3.05, 3.63) is 58.6 Å². The lowest BCUT2D eigenvalue weighted by Crippen LogP contribution is -2.10. The predicted octanol–water partition coefficient (Wildman–Crippen LogP) is 2.86. The third-order valence-electron chi connectivity index (χ3n) is 4.08. The number of hydrogen-bond donors (Lipinski definition) is 0. The Morgan fingerprint density at radius 2 is 1.86 bits per heavy atom. The van der Waals surface area contributed by atoms with Gasteiger partial charge in [-0.05, 0) is 42.8 Å². The molecule has 1 aromatic heterocycles. The average Bonchev–Trinajstić information content (AvgIpc) is 2.95. The molecule has 0 aliphatic heterocycles. The molecule has 0 fully saturated rings. The van der Waals surface area contributed by atoms with Gasteiger partial charge < -0.3 is 13.3 Å². The van der Waals surface area contributed by atoms with Crippen molar-refractivity contribution in [1.29, 1.82) is 0 Å². The van der Waals surface area contributed by atoms with Crippen LogP contribution in [0.25, 0.3) is 11.1 Å². The molecule has 0 saturated carbocycles.